The average molecular weight is 481 g/mol. The van der Waals surface area contributed by atoms with Gasteiger partial charge in [0, 0.05) is 24.7 Å². The molecular formula is C24H48O9. The maximum atomic E-state index is 10.1. The highest BCUT2D eigenvalue weighted by Gasteiger charge is 2.24. The van der Waals surface area contributed by atoms with E-state index in [0.717, 1.165) is 25.7 Å². The molecule has 0 atom stereocenters. The predicted octanol–water partition coefficient (Wildman–Crippen LogP) is 4.07. The third-order valence-corrected chi connectivity index (χ3v) is 5.28. The maximum absolute atomic E-state index is 10.1. The molecule has 33 heavy (non-hydrogen) atoms. The SMILES string of the molecule is CCC(CO)(CO)CO.CCCCCCCCCC(=O)O.O=C(O)CCCCCCC(=O)O. The minimum atomic E-state index is -0.784. The number of carbonyl (C=O) groups is 3. The predicted molar refractivity (Wildman–Crippen MR) is 127 cm³/mol. The first kappa shape index (κ1) is 35.9. The number of carboxylic acids is 3. The molecule has 6 N–H and O–H groups in total. The van der Waals surface area contributed by atoms with Crippen LogP contribution in [0.1, 0.15) is 110 Å². The van der Waals surface area contributed by atoms with Gasteiger partial charge in [-0.15, -0.1) is 0 Å². The molecule has 0 aromatic carbocycles. The maximum Gasteiger partial charge on any atom is 0.303 e. The van der Waals surface area contributed by atoms with Gasteiger partial charge in [-0.05, 0) is 25.7 Å². The van der Waals surface area contributed by atoms with Gasteiger partial charge >= 0.3 is 17.9 Å². The highest BCUT2D eigenvalue weighted by atomic mass is 16.4. The first-order chi connectivity index (χ1) is 15.6. The second-order valence-electron chi connectivity index (χ2n) is 8.29. The van der Waals surface area contributed by atoms with E-state index in [1.54, 1.807) is 0 Å². The van der Waals surface area contributed by atoms with Crippen LogP contribution in [0.3, 0.4) is 0 Å². The van der Waals surface area contributed by atoms with Crippen LogP contribution < -0.4 is 0 Å². The van der Waals surface area contributed by atoms with Crippen molar-refractivity contribution >= 4 is 17.9 Å². The van der Waals surface area contributed by atoms with Crippen molar-refractivity contribution in [2.75, 3.05) is 19.8 Å². The van der Waals surface area contributed by atoms with Gasteiger partial charge in [0.05, 0.1) is 19.8 Å². The zero-order valence-electron chi connectivity index (χ0n) is 20.6. The molecule has 0 amide bonds. The average Bonchev–Trinajstić information content (AvgIpc) is 2.78. The summed E-state index contributed by atoms with van der Waals surface area (Å²) >= 11 is 0. The molecule has 0 radical (unpaired) electrons. The standard InChI is InChI=1S/C10H20O2.C8H14O4.C6H14O3/c1-2-3-4-5-6-7-8-9-10(11)12;9-7(10)5-3-1-2-4-6-8(11)12;1-2-6(3-7,4-8)5-9/h2-9H2,1H3,(H,11,12);1-6H2,(H,9,10)(H,11,12);7-9H,2-5H2,1H3. The minimum absolute atomic E-state index is 0.156. The molecule has 9 heteroatoms. The fourth-order valence-corrected chi connectivity index (χ4v) is 2.62. The van der Waals surface area contributed by atoms with Crippen LogP contribution in [0.4, 0.5) is 0 Å². The number of aliphatic carboxylic acids is 3. The highest BCUT2D eigenvalue weighted by Crippen LogP contribution is 2.18. The Morgan fingerprint density at radius 2 is 0.788 bits per heavy atom. The Morgan fingerprint density at radius 1 is 0.515 bits per heavy atom. The van der Waals surface area contributed by atoms with Crippen molar-refractivity contribution in [2.45, 2.75) is 110 Å². The Bertz CT molecular complexity index is 427. The van der Waals surface area contributed by atoms with E-state index in [2.05, 4.69) is 6.92 Å². The lowest BCUT2D eigenvalue weighted by atomic mass is 9.88. The number of unbranched alkanes of at least 4 members (excludes halogenated alkanes) is 9. The fourth-order valence-electron chi connectivity index (χ4n) is 2.62. The normalized spacial score (nSPS) is 10.5. The van der Waals surface area contributed by atoms with Gasteiger partial charge in [0.15, 0.2) is 0 Å². The van der Waals surface area contributed by atoms with E-state index < -0.39 is 23.3 Å². The first-order valence-electron chi connectivity index (χ1n) is 12.1. The molecule has 0 aliphatic heterocycles. The molecule has 0 fully saturated rings. The summed E-state index contributed by atoms with van der Waals surface area (Å²) in [6.45, 7) is 3.55. The summed E-state index contributed by atoms with van der Waals surface area (Å²) in [5, 5.41) is 50.9. The van der Waals surface area contributed by atoms with E-state index in [1.807, 2.05) is 6.92 Å². The highest BCUT2D eigenvalue weighted by molar-refractivity contribution is 5.67. The summed E-state index contributed by atoms with van der Waals surface area (Å²) in [5.74, 6) is -2.23. The Morgan fingerprint density at radius 3 is 0.970 bits per heavy atom. The lowest BCUT2D eigenvalue weighted by molar-refractivity contribution is -0.138. The molecule has 0 unspecified atom stereocenters. The minimum Gasteiger partial charge on any atom is -0.481 e. The van der Waals surface area contributed by atoms with Crippen LogP contribution >= 0.6 is 0 Å². The van der Waals surface area contributed by atoms with Crippen molar-refractivity contribution < 1.29 is 45.0 Å². The van der Waals surface area contributed by atoms with E-state index in [0.29, 0.717) is 25.7 Å². The molecule has 0 spiro atoms. The molecule has 198 valence electrons. The smallest absolute Gasteiger partial charge is 0.303 e. The summed E-state index contributed by atoms with van der Waals surface area (Å²) in [7, 11) is 0. The molecule has 0 saturated heterocycles. The van der Waals surface area contributed by atoms with Gasteiger partial charge in [-0.2, -0.15) is 0 Å². The van der Waals surface area contributed by atoms with Gasteiger partial charge in [-0.3, -0.25) is 14.4 Å². The second kappa shape index (κ2) is 26.5. The molecule has 9 nitrogen and oxygen atoms in total. The van der Waals surface area contributed by atoms with Gasteiger partial charge in [-0.1, -0.05) is 65.2 Å². The van der Waals surface area contributed by atoms with E-state index in [9.17, 15) is 14.4 Å². The van der Waals surface area contributed by atoms with Crippen LogP contribution in [-0.2, 0) is 14.4 Å². The summed E-state index contributed by atoms with van der Waals surface area (Å²) < 4.78 is 0. The molecule has 0 aromatic rings. The molecule has 0 bridgehead atoms. The monoisotopic (exact) mass is 480 g/mol. The van der Waals surface area contributed by atoms with Crippen molar-refractivity contribution in [3.63, 3.8) is 0 Å². The van der Waals surface area contributed by atoms with Crippen molar-refractivity contribution in [2.24, 2.45) is 5.41 Å². The van der Waals surface area contributed by atoms with Gasteiger partial charge in [0.2, 0.25) is 0 Å². The van der Waals surface area contributed by atoms with Crippen molar-refractivity contribution in [1.29, 1.82) is 0 Å². The number of aliphatic hydroxyl groups is 3. The third-order valence-electron chi connectivity index (χ3n) is 5.28. The third kappa shape index (κ3) is 30.3. The van der Waals surface area contributed by atoms with E-state index >= 15 is 0 Å². The summed E-state index contributed by atoms with van der Waals surface area (Å²) in [5.41, 5.74) is -0.667. The molecule has 0 aliphatic rings. The van der Waals surface area contributed by atoms with E-state index in [1.165, 1.54) is 32.1 Å². The number of hydrogen-bond donors (Lipinski definition) is 6. The van der Waals surface area contributed by atoms with Gasteiger partial charge in [-0.25, -0.2) is 0 Å². The first-order valence-corrected chi connectivity index (χ1v) is 12.1. The van der Waals surface area contributed by atoms with E-state index in [4.69, 9.17) is 30.6 Å². The Kier molecular flexibility index (Phi) is 28.9. The van der Waals surface area contributed by atoms with Crippen molar-refractivity contribution in [3.8, 4) is 0 Å². The van der Waals surface area contributed by atoms with Crippen LogP contribution in [0.2, 0.25) is 0 Å². The van der Waals surface area contributed by atoms with Crippen LogP contribution in [0.5, 0.6) is 0 Å². The fraction of sp³-hybridized carbons (Fsp3) is 0.875. The topological polar surface area (TPSA) is 173 Å². The van der Waals surface area contributed by atoms with Crippen molar-refractivity contribution in [1.82, 2.24) is 0 Å². The summed E-state index contributed by atoms with van der Waals surface area (Å²) in [6.07, 6.45) is 12.5. The molecule has 0 rings (SSSR count). The van der Waals surface area contributed by atoms with Crippen LogP contribution in [0.25, 0.3) is 0 Å². The van der Waals surface area contributed by atoms with Crippen LogP contribution in [0.15, 0.2) is 0 Å². The van der Waals surface area contributed by atoms with Gasteiger partial charge in [0.1, 0.15) is 0 Å². The Hall–Kier alpha value is -1.71. The number of hydrogen-bond acceptors (Lipinski definition) is 6. The molecule has 0 saturated carbocycles. The Labute approximate surface area is 198 Å². The summed E-state index contributed by atoms with van der Waals surface area (Å²) in [4.78, 5) is 30.2. The molecule has 0 heterocycles. The number of rotatable bonds is 19. The van der Waals surface area contributed by atoms with Gasteiger partial charge in [0.25, 0.3) is 0 Å². The molecular weight excluding hydrogens is 432 g/mol. The lowest BCUT2D eigenvalue weighted by Gasteiger charge is -2.24. The molecule has 0 aliphatic carbocycles. The Balaban J connectivity index is -0.000000414. The molecule has 0 aromatic heterocycles. The zero-order chi connectivity index (χ0) is 26.0. The number of carboxylic acid groups (broad SMARTS) is 3. The number of aliphatic hydroxyl groups excluding tert-OH is 3. The van der Waals surface area contributed by atoms with E-state index in [-0.39, 0.29) is 32.7 Å². The second-order valence-corrected chi connectivity index (χ2v) is 8.29. The lowest BCUT2D eigenvalue weighted by Crippen LogP contribution is -2.32. The quantitative estimate of drug-likeness (QED) is 0.149. The van der Waals surface area contributed by atoms with Crippen molar-refractivity contribution in [3.05, 3.63) is 0 Å². The largest absolute Gasteiger partial charge is 0.481 e. The van der Waals surface area contributed by atoms with Crippen LogP contribution in [0, 0.1) is 5.41 Å². The summed E-state index contributed by atoms with van der Waals surface area (Å²) in [6, 6.07) is 0. The zero-order valence-corrected chi connectivity index (χ0v) is 20.6. The van der Waals surface area contributed by atoms with Gasteiger partial charge < -0.3 is 30.6 Å². The van der Waals surface area contributed by atoms with Crippen LogP contribution in [-0.4, -0.2) is 68.4 Å².